The third-order valence-electron chi connectivity index (χ3n) is 4.85. The van der Waals surface area contributed by atoms with E-state index in [1.165, 1.54) is 0 Å². The lowest BCUT2D eigenvalue weighted by molar-refractivity contribution is -0.128. The van der Waals surface area contributed by atoms with Gasteiger partial charge in [-0.3, -0.25) is 9.69 Å². The van der Waals surface area contributed by atoms with Crippen molar-refractivity contribution in [2.45, 2.75) is 25.4 Å². The van der Waals surface area contributed by atoms with Crippen molar-refractivity contribution >= 4 is 23.2 Å². The van der Waals surface area contributed by atoms with Gasteiger partial charge in [0.05, 0.1) is 14.2 Å². The second kappa shape index (κ2) is 7.17. The van der Waals surface area contributed by atoms with Gasteiger partial charge < -0.3 is 19.3 Å². The normalized spacial score (nSPS) is 19.3. The molecule has 25 heavy (non-hydrogen) atoms. The molecule has 0 unspecified atom stereocenters. The minimum absolute atomic E-state index is 0.115. The van der Waals surface area contributed by atoms with Crippen molar-refractivity contribution in [3.05, 3.63) is 23.3 Å². The number of hydrogen-bond acceptors (Lipinski definition) is 5. The minimum Gasteiger partial charge on any atom is -0.493 e. The molecule has 3 rings (SSSR count). The van der Waals surface area contributed by atoms with Crippen molar-refractivity contribution in [1.29, 1.82) is 0 Å². The van der Waals surface area contributed by atoms with Crippen LogP contribution >= 0.6 is 12.2 Å². The van der Waals surface area contributed by atoms with Gasteiger partial charge in [0.25, 0.3) is 5.91 Å². The first-order valence-electron chi connectivity index (χ1n) is 8.46. The molecule has 2 heterocycles. The highest BCUT2D eigenvalue weighted by molar-refractivity contribution is 7.80. The van der Waals surface area contributed by atoms with E-state index in [1.54, 1.807) is 19.1 Å². The number of benzene rings is 1. The molecule has 1 saturated heterocycles. The fourth-order valence-electron chi connectivity index (χ4n) is 3.51. The summed E-state index contributed by atoms with van der Waals surface area (Å²) in [5.74, 6) is 1.52. The van der Waals surface area contributed by atoms with E-state index in [0.717, 1.165) is 24.1 Å². The highest BCUT2D eigenvalue weighted by Gasteiger charge is 2.44. The van der Waals surface area contributed by atoms with Crippen molar-refractivity contribution in [2.24, 2.45) is 0 Å². The predicted octanol–water partition coefficient (Wildman–Crippen LogP) is 1.51. The van der Waals surface area contributed by atoms with Crippen molar-refractivity contribution in [3.8, 4) is 11.5 Å². The summed E-state index contributed by atoms with van der Waals surface area (Å²) < 4.78 is 10.8. The maximum Gasteiger partial charge on any atom is 0.251 e. The molecule has 1 aromatic rings. The van der Waals surface area contributed by atoms with Crippen LogP contribution in [0.3, 0.4) is 0 Å². The van der Waals surface area contributed by atoms with E-state index in [4.69, 9.17) is 21.7 Å². The summed E-state index contributed by atoms with van der Waals surface area (Å²) in [6.45, 7) is 2.24. The number of nitrogens with zero attached hydrogens (tertiary/aromatic N) is 3. The highest BCUT2D eigenvalue weighted by atomic mass is 32.1. The molecule has 1 amide bonds. The summed E-state index contributed by atoms with van der Waals surface area (Å²) >= 11 is 5.59. The molecule has 0 saturated carbocycles. The predicted molar refractivity (Wildman–Crippen MR) is 100 cm³/mol. The lowest BCUT2D eigenvalue weighted by Crippen LogP contribution is -2.40. The van der Waals surface area contributed by atoms with Crippen LogP contribution in [0, 0.1) is 0 Å². The molecule has 1 atom stereocenters. The number of amides is 1. The second-order valence-corrected chi connectivity index (χ2v) is 7.12. The molecule has 0 bridgehead atoms. The summed E-state index contributed by atoms with van der Waals surface area (Å²) in [6, 6.07) is 3.78. The molecule has 136 valence electrons. The summed E-state index contributed by atoms with van der Waals surface area (Å²) in [4.78, 5) is 18.8. The van der Waals surface area contributed by atoms with Gasteiger partial charge >= 0.3 is 0 Å². The average molecular weight is 363 g/mol. The number of ether oxygens (including phenoxy) is 2. The lowest BCUT2D eigenvalue weighted by Gasteiger charge is -2.31. The highest BCUT2D eigenvalue weighted by Crippen LogP contribution is 2.37. The first-order valence-corrected chi connectivity index (χ1v) is 8.87. The topological polar surface area (TPSA) is 45.3 Å². The Balaban J connectivity index is 1.80. The molecule has 0 spiro atoms. The number of thiocarbonyl (C=S) groups is 1. The van der Waals surface area contributed by atoms with Gasteiger partial charge in [0.15, 0.2) is 16.6 Å². The number of hydrogen-bond donors (Lipinski definition) is 0. The third-order valence-corrected chi connectivity index (χ3v) is 5.31. The van der Waals surface area contributed by atoms with E-state index in [9.17, 15) is 4.79 Å². The van der Waals surface area contributed by atoms with Crippen LogP contribution in [0.4, 0.5) is 0 Å². The summed E-state index contributed by atoms with van der Waals surface area (Å²) in [7, 11) is 7.32. The molecule has 0 radical (unpaired) electrons. The Labute approximate surface area is 154 Å². The maximum absolute atomic E-state index is 12.8. The third kappa shape index (κ3) is 3.30. The Morgan fingerprint density at radius 3 is 2.44 bits per heavy atom. The second-order valence-electron chi connectivity index (χ2n) is 6.75. The average Bonchev–Trinajstić information content (AvgIpc) is 2.82. The number of methoxy groups -OCH3 is 2. The van der Waals surface area contributed by atoms with E-state index < -0.39 is 0 Å². The molecule has 0 aliphatic carbocycles. The Morgan fingerprint density at radius 2 is 1.84 bits per heavy atom. The Morgan fingerprint density at radius 1 is 1.20 bits per heavy atom. The van der Waals surface area contributed by atoms with Gasteiger partial charge in [-0.2, -0.15) is 0 Å². The fourth-order valence-corrected chi connectivity index (χ4v) is 3.89. The molecular weight excluding hydrogens is 338 g/mol. The number of rotatable bonds is 6. The van der Waals surface area contributed by atoms with E-state index in [0.29, 0.717) is 36.1 Å². The smallest absolute Gasteiger partial charge is 0.251 e. The van der Waals surface area contributed by atoms with Crippen molar-refractivity contribution in [2.75, 3.05) is 41.4 Å². The van der Waals surface area contributed by atoms with Crippen LogP contribution in [0.2, 0.25) is 0 Å². The molecule has 2 aliphatic heterocycles. The summed E-state index contributed by atoms with van der Waals surface area (Å²) in [5.41, 5.74) is 2.27. The van der Waals surface area contributed by atoms with Crippen LogP contribution in [0.25, 0.3) is 0 Å². The number of carbonyl (C=O) groups is 1. The van der Waals surface area contributed by atoms with Gasteiger partial charge in [-0.05, 0) is 62.5 Å². The van der Waals surface area contributed by atoms with Gasteiger partial charge in [-0.1, -0.05) is 0 Å². The largest absolute Gasteiger partial charge is 0.493 e. The van der Waals surface area contributed by atoms with Crippen LogP contribution in [0.5, 0.6) is 11.5 Å². The molecule has 7 heteroatoms. The number of fused-ring (bicyclic) bond motifs is 2. The van der Waals surface area contributed by atoms with Gasteiger partial charge in [0.2, 0.25) is 0 Å². The molecule has 6 nitrogen and oxygen atoms in total. The fraction of sp³-hybridized carbons (Fsp3) is 0.556. The SMILES string of the molecule is COc1cc2c(cc1OC)CN1C(=S)N(CCCN(C)C)C(=O)[C@H]1C2. The van der Waals surface area contributed by atoms with Gasteiger partial charge in [0, 0.05) is 19.5 Å². The number of carbonyl (C=O) groups excluding carboxylic acids is 1. The molecule has 1 aromatic carbocycles. The van der Waals surface area contributed by atoms with Crippen LogP contribution in [0.15, 0.2) is 12.1 Å². The molecule has 1 fully saturated rings. The van der Waals surface area contributed by atoms with E-state index in [1.807, 2.05) is 31.1 Å². The zero-order valence-electron chi connectivity index (χ0n) is 15.2. The van der Waals surface area contributed by atoms with Crippen LogP contribution in [-0.2, 0) is 17.8 Å². The Kier molecular flexibility index (Phi) is 5.15. The lowest BCUT2D eigenvalue weighted by atomic mass is 9.94. The summed E-state index contributed by atoms with van der Waals surface area (Å²) in [6.07, 6.45) is 1.56. The van der Waals surface area contributed by atoms with Crippen LogP contribution in [0.1, 0.15) is 17.5 Å². The maximum atomic E-state index is 12.8. The first-order chi connectivity index (χ1) is 12.0. The molecule has 0 aromatic heterocycles. The molecule has 0 N–H and O–H groups in total. The van der Waals surface area contributed by atoms with Crippen molar-refractivity contribution < 1.29 is 14.3 Å². The Bertz CT molecular complexity index is 641. The van der Waals surface area contributed by atoms with Crippen molar-refractivity contribution in [1.82, 2.24) is 14.7 Å². The van der Waals surface area contributed by atoms with Crippen molar-refractivity contribution in [3.63, 3.8) is 0 Å². The van der Waals surface area contributed by atoms with Gasteiger partial charge in [0.1, 0.15) is 6.04 Å². The van der Waals surface area contributed by atoms with Gasteiger partial charge in [-0.15, -0.1) is 0 Å². The van der Waals surface area contributed by atoms with Crippen LogP contribution < -0.4 is 9.47 Å². The first kappa shape index (κ1) is 17.9. The molecule has 2 aliphatic rings. The van der Waals surface area contributed by atoms with Gasteiger partial charge in [-0.25, -0.2) is 0 Å². The minimum atomic E-state index is -0.197. The Hall–Kier alpha value is -1.86. The zero-order valence-corrected chi connectivity index (χ0v) is 16.1. The zero-order chi connectivity index (χ0) is 18.1. The quantitative estimate of drug-likeness (QED) is 0.714. The summed E-state index contributed by atoms with van der Waals surface area (Å²) in [5, 5.41) is 0.647. The monoisotopic (exact) mass is 363 g/mol. The van der Waals surface area contributed by atoms with E-state index in [-0.39, 0.29) is 11.9 Å². The standard InChI is InChI=1S/C18H25N3O3S/c1-19(2)6-5-7-20-17(22)14-8-12-9-15(23-3)16(24-4)10-13(12)11-21(14)18(20)25/h9-10,14H,5-8,11H2,1-4H3/t14-/m1/s1. The molecular formula is C18H25N3O3S. The van der Waals surface area contributed by atoms with Crippen LogP contribution in [-0.4, -0.2) is 73.2 Å². The van der Waals surface area contributed by atoms with E-state index in [2.05, 4.69) is 4.90 Å². The van der Waals surface area contributed by atoms with E-state index >= 15 is 0 Å².